The summed E-state index contributed by atoms with van der Waals surface area (Å²) in [4.78, 5) is 12.3. The van der Waals surface area contributed by atoms with Crippen LogP contribution < -0.4 is 14.8 Å². The highest BCUT2D eigenvalue weighted by Gasteiger charge is 2.14. The molecule has 1 amide bonds. The van der Waals surface area contributed by atoms with E-state index in [0.717, 1.165) is 28.3 Å². The largest absolute Gasteiger partial charge is 0.497 e. The number of carbonyl (C=O) groups is 1. The van der Waals surface area contributed by atoms with E-state index >= 15 is 0 Å². The molecule has 0 saturated heterocycles. The van der Waals surface area contributed by atoms with E-state index in [1.807, 2.05) is 31.2 Å². The van der Waals surface area contributed by atoms with E-state index in [4.69, 9.17) is 4.74 Å². The molecule has 1 aromatic heterocycles. The predicted molar refractivity (Wildman–Crippen MR) is 120 cm³/mol. The molecule has 31 heavy (non-hydrogen) atoms. The van der Waals surface area contributed by atoms with Gasteiger partial charge in [-0.2, -0.15) is 0 Å². The quantitative estimate of drug-likeness (QED) is 0.481. The minimum Gasteiger partial charge on any atom is -0.497 e. The molecule has 0 atom stereocenters. The fraction of sp³-hybridized carbons (Fsp3) is 0.286. The number of aromatic nitrogens is 2. The lowest BCUT2D eigenvalue weighted by Gasteiger charge is -2.06. The topological polar surface area (TPSA) is 110 Å². The zero-order chi connectivity index (χ0) is 22.3. The van der Waals surface area contributed by atoms with Gasteiger partial charge in [0.15, 0.2) is 0 Å². The van der Waals surface area contributed by atoms with E-state index in [-0.39, 0.29) is 23.8 Å². The van der Waals surface area contributed by atoms with Crippen LogP contribution in [0.15, 0.2) is 53.4 Å². The molecule has 10 heteroatoms. The van der Waals surface area contributed by atoms with Crippen molar-refractivity contribution in [2.45, 2.75) is 31.1 Å². The van der Waals surface area contributed by atoms with Crippen molar-refractivity contribution in [2.75, 3.05) is 19.0 Å². The number of hydrogen-bond acceptors (Lipinski definition) is 7. The normalized spacial score (nSPS) is 11.3. The van der Waals surface area contributed by atoms with Crippen LogP contribution in [0.2, 0.25) is 0 Å². The number of ether oxygens (including phenoxy) is 1. The van der Waals surface area contributed by atoms with E-state index in [1.54, 1.807) is 19.2 Å². The first-order valence-corrected chi connectivity index (χ1v) is 12.0. The van der Waals surface area contributed by atoms with Crippen molar-refractivity contribution in [1.29, 1.82) is 0 Å². The van der Waals surface area contributed by atoms with Gasteiger partial charge in [0, 0.05) is 19.4 Å². The highest BCUT2D eigenvalue weighted by atomic mass is 32.2. The number of carbonyl (C=O) groups excluding carboxylic acids is 1. The Morgan fingerprint density at radius 2 is 1.74 bits per heavy atom. The Bertz CT molecular complexity index is 1110. The summed E-state index contributed by atoms with van der Waals surface area (Å²) in [7, 11) is -2.01. The Labute approximate surface area is 185 Å². The molecule has 0 unspecified atom stereocenters. The van der Waals surface area contributed by atoms with E-state index in [1.165, 1.54) is 23.5 Å². The van der Waals surface area contributed by atoms with E-state index < -0.39 is 10.0 Å². The van der Waals surface area contributed by atoms with Crippen LogP contribution >= 0.6 is 11.3 Å². The van der Waals surface area contributed by atoms with Gasteiger partial charge in [-0.1, -0.05) is 41.2 Å². The van der Waals surface area contributed by atoms with Crippen LogP contribution in [0.4, 0.5) is 5.13 Å². The van der Waals surface area contributed by atoms with Crippen molar-refractivity contribution in [1.82, 2.24) is 14.9 Å². The number of amides is 1. The smallest absolute Gasteiger partial charge is 0.240 e. The molecule has 0 spiro atoms. The summed E-state index contributed by atoms with van der Waals surface area (Å²) in [5.41, 5.74) is 2.13. The Balaban J connectivity index is 1.43. The average molecular weight is 461 g/mol. The van der Waals surface area contributed by atoms with E-state index in [9.17, 15) is 13.2 Å². The molecule has 3 rings (SSSR count). The molecule has 8 nitrogen and oxygen atoms in total. The molecule has 0 aliphatic rings. The molecule has 0 aliphatic carbocycles. The number of nitrogens with zero attached hydrogens (tertiary/aromatic N) is 2. The van der Waals surface area contributed by atoms with Crippen LogP contribution in [0, 0.1) is 6.92 Å². The third-order valence-corrected chi connectivity index (χ3v) is 6.85. The van der Waals surface area contributed by atoms with E-state index in [2.05, 4.69) is 20.2 Å². The van der Waals surface area contributed by atoms with Gasteiger partial charge in [-0.05, 0) is 43.2 Å². The maximum atomic E-state index is 12.2. The van der Waals surface area contributed by atoms with Crippen molar-refractivity contribution in [3.8, 4) is 5.75 Å². The molecule has 2 N–H and O–H groups in total. The molecule has 0 radical (unpaired) electrons. The summed E-state index contributed by atoms with van der Waals surface area (Å²) in [6.07, 6.45) is 1.50. The number of hydrogen-bond donors (Lipinski definition) is 2. The molecule has 0 aliphatic heterocycles. The van der Waals surface area contributed by atoms with Crippen LogP contribution in [-0.4, -0.2) is 38.2 Å². The van der Waals surface area contributed by atoms with Gasteiger partial charge >= 0.3 is 0 Å². The molecular formula is C21H24N4O4S2. The van der Waals surface area contributed by atoms with Gasteiger partial charge in [-0.15, -0.1) is 10.2 Å². The first kappa shape index (κ1) is 22.9. The van der Waals surface area contributed by atoms with Gasteiger partial charge in [0.1, 0.15) is 10.8 Å². The minimum absolute atomic E-state index is 0.00808. The fourth-order valence-corrected chi connectivity index (χ4v) is 4.52. The van der Waals surface area contributed by atoms with Crippen molar-refractivity contribution in [2.24, 2.45) is 0 Å². The van der Waals surface area contributed by atoms with Crippen LogP contribution in [-0.2, 0) is 27.7 Å². The Morgan fingerprint density at radius 1 is 1.03 bits per heavy atom. The van der Waals surface area contributed by atoms with Gasteiger partial charge in [0.25, 0.3) is 0 Å². The lowest BCUT2D eigenvalue weighted by atomic mass is 10.1. The standard InChI is InChI=1S/C21H24N4O4S2/c1-15-3-10-18(11-4-15)31(27,28)22-14-13-19(26)23-21-25-24-20(30-21)12-7-16-5-8-17(29-2)9-6-16/h3-6,8-11,22H,7,12-14H2,1-2H3,(H,23,25,26). The molecule has 0 bridgehead atoms. The number of nitrogens with one attached hydrogen (secondary N) is 2. The van der Waals surface area contributed by atoms with Gasteiger partial charge < -0.3 is 10.1 Å². The zero-order valence-corrected chi connectivity index (χ0v) is 18.9. The summed E-state index contributed by atoms with van der Waals surface area (Å²) in [6, 6.07) is 14.3. The summed E-state index contributed by atoms with van der Waals surface area (Å²) < 4.78 is 32.1. The second kappa shape index (κ2) is 10.5. The van der Waals surface area contributed by atoms with Gasteiger partial charge in [0.05, 0.1) is 12.0 Å². The number of sulfonamides is 1. The second-order valence-electron chi connectivity index (χ2n) is 6.86. The van der Waals surface area contributed by atoms with E-state index in [0.29, 0.717) is 11.6 Å². The lowest BCUT2D eigenvalue weighted by Crippen LogP contribution is -2.27. The number of rotatable bonds is 10. The van der Waals surface area contributed by atoms with Crippen LogP contribution in [0.25, 0.3) is 0 Å². The van der Waals surface area contributed by atoms with Crippen molar-refractivity contribution >= 4 is 32.4 Å². The molecule has 164 valence electrons. The van der Waals surface area contributed by atoms with Gasteiger partial charge in [0.2, 0.25) is 21.1 Å². The SMILES string of the molecule is COc1ccc(CCc2nnc(NC(=O)CCNS(=O)(=O)c3ccc(C)cc3)s2)cc1. The van der Waals surface area contributed by atoms with Crippen LogP contribution in [0.5, 0.6) is 5.75 Å². The molecule has 3 aromatic rings. The highest BCUT2D eigenvalue weighted by molar-refractivity contribution is 7.89. The monoisotopic (exact) mass is 460 g/mol. The summed E-state index contributed by atoms with van der Waals surface area (Å²) in [5, 5.41) is 12.0. The summed E-state index contributed by atoms with van der Waals surface area (Å²) in [6.45, 7) is 1.87. The molecular weight excluding hydrogens is 436 g/mol. The lowest BCUT2D eigenvalue weighted by molar-refractivity contribution is -0.116. The third kappa shape index (κ3) is 6.84. The second-order valence-corrected chi connectivity index (χ2v) is 9.69. The molecule has 0 fully saturated rings. The molecule has 2 aromatic carbocycles. The molecule has 1 heterocycles. The number of anilines is 1. The maximum absolute atomic E-state index is 12.2. The van der Waals surface area contributed by atoms with Gasteiger partial charge in [-0.3, -0.25) is 4.79 Å². The zero-order valence-electron chi connectivity index (χ0n) is 17.3. The Hall–Kier alpha value is -2.82. The van der Waals surface area contributed by atoms with Crippen molar-refractivity contribution < 1.29 is 17.9 Å². The highest BCUT2D eigenvalue weighted by Crippen LogP contribution is 2.18. The van der Waals surface area contributed by atoms with Crippen molar-refractivity contribution in [3.05, 3.63) is 64.7 Å². The minimum atomic E-state index is -3.64. The number of benzene rings is 2. The molecule has 0 saturated carbocycles. The van der Waals surface area contributed by atoms with Crippen LogP contribution in [0.3, 0.4) is 0 Å². The summed E-state index contributed by atoms with van der Waals surface area (Å²) >= 11 is 1.31. The first-order valence-electron chi connectivity index (χ1n) is 9.67. The van der Waals surface area contributed by atoms with Gasteiger partial charge in [-0.25, -0.2) is 13.1 Å². The Morgan fingerprint density at radius 3 is 2.42 bits per heavy atom. The summed E-state index contributed by atoms with van der Waals surface area (Å²) in [5.74, 6) is 0.482. The van der Waals surface area contributed by atoms with Crippen LogP contribution in [0.1, 0.15) is 22.6 Å². The number of methoxy groups -OCH3 is 1. The average Bonchev–Trinajstić information content (AvgIpc) is 3.20. The maximum Gasteiger partial charge on any atom is 0.240 e. The fourth-order valence-electron chi connectivity index (χ4n) is 2.73. The van der Waals surface area contributed by atoms with Crippen molar-refractivity contribution in [3.63, 3.8) is 0 Å². The predicted octanol–water partition coefficient (Wildman–Crippen LogP) is 2.95. The first-order chi connectivity index (χ1) is 14.9. The Kier molecular flexibility index (Phi) is 7.72. The number of aryl methyl sites for hydroxylation is 3. The third-order valence-electron chi connectivity index (χ3n) is 4.48.